The molecule has 0 bridgehead atoms. The first-order valence-corrected chi connectivity index (χ1v) is 5.41. The van der Waals surface area contributed by atoms with Crippen molar-refractivity contribution >= 4 is 11.8 Å². The van der Waals surface area contributed by atoms with E-state index in [4.69, 9.17) is 5.11 Å². The number of rotatable bonds is 4. The topological polar surface area (TPSA) is 75.1 Å². The van der Waals surface area contributed by atoms with E-state index in [2.05, 4.69) is 15.3 Å². The van der Waals surface area contributed by atoms with Crippen LogP contribution in [0.2, 0.25) is 0 Å². The van der Waals surface area contributed by atoms with Crippen molar-refractivity contribution in [1.82, 2.24) is 9.97 Å². The highest BCUT2D eigenvalue weighted by Gasteiger charge is 2.27. The van der Waals surface area contributed by atoms with Crippen LogP contribution in [0.15, 0.2) is 6.07 Å². The molecule has 16 heavy (non-hydrogen) atoms. The largest absolute Gasteiger partial charge is 0.480 e. The van der Waals surface area contributed by atoms with Gasteiger partial charge in [0.05, 0.1) is 0 Å². The van der Waals surface area contributed by atoms with Gasteiger partial charge >= 0.3 is 5.97 Å². The number of hydrogen-bond acceptors (Lipinski definition) is 4. The molecule has 0 aliphatic heterocycles. The molecule has 5 heteroatoms. The number of hydrogen-bond donors (Lipinski definition) is 2. The van der Waals surface area contributed by atoms with E-state index in [1.807, 2.05) is 6.92 Å². The lowest BCUT2D eigenvalue weighted by Crippen LogP contribution is -2.26. The molecule has 5 nitrogen and oxygen atoms in total. The average molecular weight is 221 g/mol. The van der Waals surface area contributed by atoms with Crippen LogP contribution in [-0.4, -0.2) is 27.1 Å². The number of aryl methyl sites for hydroxylation is 1. The summed E-state index contributed by atoms with van der Waals surface area (Å²) in [4.78, 5) is 19.4. The van der Waals surface area contributed by atoms with E-state index in [0.717, 1.165) is 24.4 Å². The van der Waals surface area contributed by atoms with E-state index in [1.165, 1.54) is 0 Å². The van der Waals surface area contributed by atoms with E-state index in [-0.39, 0.29) is 0 Å². The number of nitrogens with zero attached hydrogens (tertiary/aromatic N) is 2. The molecule has 86 valence electrons. The first-order valence-electron chi connectivity index (χ1n) is 5.41. The van der Waals surface area contributed by atoms with Crippen LogP contribution in [0.4, 0.5) is 5.82 Å². The van der Waals surface area contributed by atoms with Gasteiger partial charge in [-0.2, -0.15) is 0 Å². The van der Waals surface area contributed by atoms with E-state index in [0.29, 0.717) is 11.7 Å². The number of aliphatic carboxylic acids is 1. The molecule has 1 aromatic heterocycles. The van der Waals surface area contributed by atoms with Crippen LogP contribution in [0.3, 0.4) is 0 Å². The highest BCUT2D eigenvalue weighted by Crippen LogP contribution is 2.38. The standard InChI is InChI=1S/C11H15N3O2/c1-6-5-9(13-7(2)11(15)16)14-10(12-6)8-3-4-8/h5,7-8H,3-4H2,1-2H3,(H,15,16)(H,12,13,14)/t7-/m0/s1. The Morgan fingerprint density at radius 1 is 1.56 bits per heavy atom. The van der Waals surface area contributed by atoms with Gasteiger partial charge in [0, 0.05) is 17.7 Å². The molecule has 0 amide bonds. The van der Waals surface area contributed by atoms with Gasteiger partial charge in [0.25, 0.3) is 0 Å². The third-order valence-electron chi connectivity index (χ3n) is 2.55. The SMILES string of the molecule is Cc1cc(N[C@@H](C)C(=O)O)nc(C2CC2)n1. The summed E-state index contributed by atoms with van der Waals surface area (Å²) in [5.74, 6) is 1.02. The van der Waals surface area contributed by atoms with Crippen LogP contribution in [0.1, 0.15) is 37.2 Å². The summed E-state index contributed by atoms with van der Waals surface area (Å²) in [6.45, 7) is 3.49. The number of carbonyl (C=O) groups is 1. The minimum atomic E-state index is -0.885. The zero-order valence-corrected chi connectivity index (χ0v) is 9.40. The fraction of sp³-hybridized carbons (Fsp3) is 0.545. The summed E-state index contributed by atoms with van der Waals surface area (Å²) < 4.78 is 0. The molecule has 1 aromatic rings. The van der Waals surface area contributed by atoms with Crippen LogP contribution in [0.5, 0.6) is 0 Å². The third kappa shape index (κ3) is 2.48. The first-order chi connectivity index (χ1) is 7.56. The van der Waals surface area contributed by atoms with E-state index < -0.39 is 12.0 Å². The smallest absolute Gasteiger partial charge is 0.325 e. The molecule has 1 heterocycles. The van der Waals surface area contributed by atoms with Gasteiger partial charge in [0.2, 0.25) is 0 Å². The predicted octanol–water partition coefficient (Wildman–Crippen LogP) is 1.55. The maximum atomic E-state index is 10.7. The summed E-state index contributed by atoms with van der Waals surface area (Å²) in [6, 6.07) is 1.13. The quantitative estimate of drug-likeness (QED) is 0.806. The van der Waals surface area contributed by atoms with E-state index in [1.54, 1.807) is 13.0 Å². The second-order valence-electron chi connectivity index (χ2n) is 4.23. The molecule has 1 atom stereocenters. The Bertz CT molecular complexity index is 416. The molecular formula is C11H15N3O2. The Kier molecular flexibility index (Phi) is 2.77. The Morgan fingerprint density at radius 2 is 2.25 bits per heavy atom. The predicted molar refractivity (Wildman–Crippen MR) is 59.5 cm³/mol. The van der Waals surface area contributed by atoms with Crippen LogP contribution in [-0.2, 0) is 4.79 Å². The normalized spacial score (nSPS) is 16.9. The molecule has 0 radical (unpaired) electrons. The van der Waals surface area contributed by atoms with Crippen molar-refractivity contribution in [3.05, 3.63) is 17.6 Å². The molecule has 1 saturated carbocycles. The van der Waals surface area contributed by atoms with Crippen molar-refractivity contribution in [2.24, 2.45) is 0 Å². The zero-order chi connectivity index (χ0) is 11.7. The molecule has 1 aliphatic rings. The van der Waals surface area contributed by atoms with Crippen LogP contribution < -0.4 is 5.32 Å². The highest BCUT2D eigenvalue weighted by molar-refractivity contribution is 5.76. The van der Waals surface area contributed by atoms with Crippen molar-refractivity contribution in [2.45, 2.75) is 38.6 Å². The zero-order valence-electron chi connectivity index (χ0n) is 9.40. The second kappa shape index (κ2) is 4.08. The van der Waals surface area contributed by atoms with Gasteiger partial charge in [-0.3, -0.25) is 4.79 Å². The van der Waals surface area contributed by atoms with Crippen LogP contribution in [0.25, 0.3) is 0 Å². The number of nitrogens with one attached hydrogen (secondary N) is 1. The van der Waals surface area contributed by atoms with Crippen molar-refractivity contribution in [3.8, 4) is 0 Å². The van der Waals surface area contributed by atoms with Crippen LogP contribution >= 0.6 is 0 Å². The number of carboxylic acid groups (broad SMARTS) is 1. The van der Waals surface area contributed by atoms with Gasteiger partial charge in [-0.15, -0.1) is 0 Å². The first kappa shape index (κ1) is 10.9. The molecular weight excluding hydrogens is 206 g/mol. The van der Waals surface area contributed by atoms with E-state index >= 15 is 0 Å². The average Bonchev–Trinajstić information content (AvgIpc) is 2.99. The van der Waals surface area contributed by atoms with Gasteiger partial charge < -0.3 is 10.4 Å². The third-order valence-corrected chi connectivity index (χ3v) is 2.55. The van der Waals surface area contributed by atoms with Gasteiger partial charge in [-0.25, -0.2) is 9.97 Å². The van der Waals surface area contributed by atoms with E-state index in [9.17, 15) is 4.79 Å². The molecule has 0 aromatic carbocycles. The number of carboxylic acids is 1. The Hall–Kier alpha value is -1.65. The summed E-state index contributed by atoms with van der Waals surface area (Å²) in [6.07, 6.45) is 2.27. The second-order valence-corrected chi connectivity index (χ2v) is 4.23. The number of aromatic nitrogens is 2. The van der Waals surface area contributed by atoms with Gasteiger partial charge in [-0.1, -0.05) is 0 Å². The minimum Gasteiger partial charge on any atom is -0.480 e. The molecule has 0 spiro atoms. The maximum absolute atomic E-state index is 10.7. The molecule has 0 saturated heterocycles. The van der Waals surface area contributed by atoms with Gasteiger partial charge in [-0.05, 0) is 26.7 Å². The lowest BCUT2D eigenvalue weighted by Gasteiger charge is -2.11. The van der Waals surface area contributed by atoms with Crippen molar-refractivity contribution < 1.29 is 9.90 Å². The monoisotopic (exact) mass is 221 g/mol. The summed E-state index contributed by atoms with van der Waals surface area (Å²) >= 11 is 0. The number of anilines is 1. The van der Waals surface area contributed by atoms with Crippen LogP contribution in [0, 0.1) is 6.92 Å². The lowest BCUT2D eigenvalue weighted by atomic mass is 10.3. The molecule has 0 unspecified atom stereocenters. The fourth-order valence-corrected chi connectivity index (χ4v) is 1.47. The molecule has 2 N–H and O–H groups in total. The Morgan fingerprint density at radius 3 is 2.81 bits per heavy atom. The lowest BCUT2D eigenvalue weighted by molar-refractivity contribution is -0.137. The summed E-state index contributed by atoms with van der Waals surface area (Å²) in [5.41, 5.74) is 0.872. The Labute approximate surface area is 93.9 Å². The Balaban J connectivity index is 2.16. The van der Waals surface area contributed by atoms with Crippen molar-refractivity contribution in [1.29, 1.82) is 0 Å². The molecule has 2 rings (SSSR count). The minimum absolute atomic E-state index is 0.473. The summed E-state index contributed by atoms with van der Waals surface area (Å²) in [5, 5.41) is 11.7. The van der Waals surface area contributed by atoms with Crippen molar-refractivity contribution in [2.75, 3.05) is 5.32 Å². The fourth-order valence-electron chi connectivity index (χ4n) is 1.47. The van der Waals surface area contributed by atoms with Gasteiger partial charge in [0.15, 0.2) is 0 Å². The molecule has 1 fully saturated rings. The summed E-state index contributed by atoms with van der Waals surface area (Å²) in [7, 11) is 0. The molecule has 1 aliphatic carbocycles. The highest BCUT2D eigenvalue weighted by atomic mass is 16.4. The maximum Gasteiger partial charge on any atom is 0.325 e. The van der Waals surface area contributed by atoms with Crippen molar-refractivity contribution in [3.63, 3.8) is 0 Å². The van der Waals surface area contributed by atoms with Gasteiger partial charge in [0.1, 0.15) is 17.7 Å².